The number of carbonyl (C=O) groups excluding carboxylic acids is 1. The first-order valence-electron chi connectivity index (χ1n) is 11.8. The van der Waals surface area contributed by atoms with Gasteiger partial charge in [0.15, 0.2) is 11.6 Å². The van der Waals surface area contributed by atoms with Gasteiger partial charge in [0, 0.05) is 60.4 Å². The molecule has 6 N–H and O–H groups in total. The highest BCUT2D eigenvalue weighted by atomic mass is 19.2. The van der Waals surface area contributed by atoms with Crippen LogP contribution in [0.2, 0.25) is 0 Å². The van der Waals surface area contributed by atoms with E-state index in [2.05, 4.69) is 52.1 Å². The summed E-state index contributed by atoms with van der Waals surface area (Å²) in [5.74, 6) is -1.77. The van der Waals surface area contributed by atoms with E-state index in [-0.39, 0.29) is 18.2 Å². The normalized spacial score (nSPS) is 22.4. The van der Waals surface area contributed by atoms with E-state index in [0.717, 1.165) is 30.5 Å². The Morgan fingerprint density at radius 2 is 1.77 bits per heavy atom. The van der Waals surface area contributed by atoms with Gasteiger partial charge < -0.3 is 31.9 Å². The molecule has 0 aliphatic carbocycles. The molecule has 0 radical (unpaired) electrons. The molecular formula is C26H32F2N6O. The molecule has 0 bridgehead atoms. The number of anilines is 2. The number of piperazine rings is 1. The first-order valence-corrected chi connectivity index (χ1v) is 11.8. The number of carbonyl (C=O) groups is 1. The highest BCUT2D eigenvalue weighted by Crippen LogP contribution is 2.23. The average Bonchev–Trinajstić information content (AvgIpc) is 2.79. The van der Waals surface area contributed by atoms with Crippen LogP contribution in [0, 0.1) is 11.6 Å². The number of allylic oxidation sites excluding steroid dienone is 1. The molecule has 0 aromatic heterocycles. The molecule has 4 rings (SSSR count). The molecule has 2 aromatic carbocycles. The van der Waals surface area contributed by atoms with Crippen molar-refractivity contribution in [2.24, 2.45) is 5.73 Å². The molecule has 2 heterocycles. The number of dihydropyridines is 1. The monoisotopic (exact) mass is 482 g/mol. The second-order valence-corrected chi connectivity index (χ2v) is 9.23. The van der Waals surface area contributed by atoms with Crippen molar-refractivity contribution in [3.8, 4) is 0 Å². The number of nitrogens with one attached hydrogen (secondary N) is 4. The fourth-order valence-electron chi connectivity index (χ4n) is 4.69. The fourth-order valence-corrected chi connectivity index (χ4v) is 4.69. The zero-order valence-electron chi connectivity index (χ0n) is 20.2. The summed E-state index contributed by atoms with van der Waals surface area (Å²) < 4.78 is 27.7. The number of primary amides is 1. The minimum Gasteiger partial charge on any atom is -0.380 e. The largest absolute Gasteiger partial charge is 0.380 e. The molecule has 3 atom stereocenters. The van der Waals surface area contributed by atoms with Crippen LogP contribution in [0.25, 0.3) is 0 Å². The summed E-state index contributed by atoms with van der Waals surface area (Å²) in [7, 11) is 0. The molecule has 7 nitrogen and oxygen atoms in total. The Morgan fingerprint density at radius 3 is 2.43 bits per heavy atom. The number of nitrogens with two attached hydrogens (primary N) is 1. The Kier molecular flexibility index (Phi) is 7.25. The highest BCUT2D eigenvalue weighted by Gasteiger charge is 2.25. The van der Waals surface area contributed by atoms with E-state index >= 15 is 0 Å². The van der Waals surface area contributed by atoms with Gasteiger partial charge in [0.25, 0.3) is 0 Å². The summed E-state index contributed by atoms with van der Waals surface area (Å²) in [5, 5.41) is 13.1. The van der Waals surface area contributed by atoms with Crippen molar-refractivity contribution < 1.29 is 13.6 Å². The summed E-state index contributed by atoms with van der Waals surface area (Å²) in [6, 6.07) is 12.6. The van der Waals surface area contributed by atoms with E-state index in [9.17, 15) is 13.6 Å². The third-order valence-electron chi connectivity index (χ3n) is 6.22. The van der Waals surface area contributed by atoms with Gasteiger partial charge in [-0.25, -0.2) is 8.78 Å². The maximum atomic E-state index is 14.1. The second kappa shape index (κ2) is 10.4. The van der Waals surface area contributed by atoms with Crippen molar-refractivity contribution in [1.29, 1.82) is 0 Å². The number of nitrogens with zero attached hydrogens (tertiary/aromatic N) is 1. The van der Waals surface area contributed by atoms with Crippen molar-refractivity contribution >= 4 is 17.3 Å². The second-order valence-electron chi connectivity index (χ2n) is 9.23. The van der Waals surface area contributed by atoms with Gasteiger partial charge in [-0.05, 0) is 51.1 Å². The topological polar surface area (TPSA) is 94.4 Å². The lowest BCUT2D eigenvalue weighted by Gasteiger charge is -2.37. The van der Waals surface area contributed by atoms with Crippen molar-refractivity contribution in [2.75, 3.05) is 23.3 Å². The summed E-state index contributed by atoms with van der Waals surface area (Å²) in [4.78, 5) is 14.5. The lowest BCUT2D eigenvalue weighted by atomic mass is 10.0. The van der Waals surface area contributed by atoms with Gasteiger partial charge in [0.2, 0.25) is 5.91 Å². The fraction of sp³-hybridized carbons (Fsp3) is 0.346. The number of hydrogen-bond donors (Lipinski definition) is 5. The molecule has 0 spiro atoms. The molecule has 9 heteroatoms. The third kappa shape index (κ3) is 5.74. The Labute approximate surface area is 204 Å². The van der Waals surface area contributed by atoms with E-state index in [1.54, 1.807) is 6.08 Å². The maximum absolute atomic E-state index is 14.1. The van der Waals surface area contributed by atoms with Crippen LogP contribution in [0.1, 0.15) is 26.3 Å². The lowest BCUT2D eigenvalue weighted by molar-refractivity contribution is -0.114. The summed E-state index contributed by atoms with van der Waals surface area (Å²) in [6.07, 6.45) is 1.71. The minimum absolute atomic E-state index is 0.00242. The average molecular weight is 483 g/mol. The smallest absolute Gasteiger partial charge is 0.248 e. The number of halogens is 2. The van der Waals surface area contributed by atoms with Crippen molar-refractivity contribution in [3.05, 3.63) is 82.8 Å². The molecular weight excluding hydrogens is 450 g/mol. The molecule has 1 saturated heterocycles. The summed E-state index contributed by atoms with van der Waals surface area (Å²) >= 11 is 0. The zero-order valence-corrected chi connectivity index (χ0v) is 20.2. The maximum Gasteiger partial charge on any atom is 0.248 e. The standard InChI is InChI=1S/C26H32F2N6O/c1-15-13-34(14-16(2)31-15)20-9-7-19(8-10-20)33-23-11-22(24(26(29)35)17(3)32-23)30-12-18-5-4-6-21(27)25(18)28/h4-11,15-17,30-33H,12-14H2,1-3H3,(H2,29,35)/t15-,16+,17?. The van der Waals surface area contributed by atoms with Crippen LogP contribution < -0.4 is 31.9 Å². The molecule has 2 aromatic rings. The van der Waals surface area contributed by atoms with Crippen LogP contribution in [0.15, 0.2) is 65.6 Å². The lowest BCUT2D eigenvalue weighted by Crippen LogP contribution is -2.54. The SMILES string of the molecule is CC1NC(Nc2ccc(N3C[C@@H](C)N[C@@H](C)C3)cc2)=CC(NCc2cccc(F)c2F)=C1C(N)=O. The quantitative estimate of drug-likeness (QED) is 0.417. The number of benzene rings is 2. The molecule has 35 heavy (non-hydrogen) atoms. The van der Waals surface area contributed by atoms with Gasteiger partial charge in [-0.2, -0.15) is 0 Å². The molecule has 2 aliphatic rings. The van der Waals surface area contributed by atoms with Crippen LogP contribution in [0.5, 0.6) is 0 Å². The molecule has 1 fully saturated rings. The van der Waals surface area contributed by atoms with E-state index in [1.807, 2.05) is 19.1 Å². The first-order chi connectivity index (χ1) is 16.7. The van der Waals surface area contributed by atoms with Gasteiger partial charge in [-0.3, -0.25) is 4.79 Å². The van der Waals surface area contributed by atoms with Gasteiger partial charge >= 0.3 is 0 Å². The first kappa shape index (κ1) is 24.5. The zero-order chi connectivity index (χ0) is 25.1. The van der Waals surface area contributed by atoms with Gasteiger partial charge in [-0.1, -0.05) is 12.1 Å². The Hall–Kier alpha value is -3.59. The Bertz CT molecular complexity index is 1140. The van der Waals surface area contributed by atoms with Crippen LogP contribution >= 0.6 is 0 Å². The molecule has 0 saturated carbocycles. The van der Waals surface area contributed by atoms with Crippen molar-refractivity contribution in [3.63, 3.8) is 0 Å². The number of amides is 1. The summed E-state index contributed by atoms with van der Waals surface area (Å²) in [6.45, 7) is 8.08. The van der Waals surface area contributed by atoms with Crippen LogP contribution in [0.3, 0.4) is 0 Å². The number of hydrogen-bond acceptors (Lipinski definition) is 6. The predicted molar refractivity (Wildman–Crippen MR) is 134 cm³/mol. The summed E-state index contributed by atoms with van der Waals surface area (Å²) in [5.41, 5.74) is 8.58. The Morgan fingerprint density at radius 1 is 1.09 bits per heavy atom. The van der Waals surface area contributed by atoms with Crippen LogP contribution in [-0.2, 0) is 11.3 Å². The minimum atomic E-state index is -0.918. The van der Waals surface area contributed by atoms with Crippen LogP contribution in [0.4, 0.5) is 20.2 Å². The van der Waals surface area contributed by atoms with Gasteiger partial charge in [0.05, 0.1) is 11.6 Å². The molecule has 1 unspecified atom stereocenters. The molecule has 1 amide bonds. The molecule has 186 valence electrons. The molecule has 2 aliphatic heterocycles. The van der Waals surface area contributed by atoms with E-state index in [4.69, 9.17) is 5.73 Å². The van der Waals surface area contributed by atoms with Crippen molar-refractivity contribution in [1.82, 2.24) is 16.0 Å². The van der Waals surface area contributed by atoms with E-state index < -0.39 is 17.5 Å². The number of rotatable bonds is 7. The van der Waals surface area contributed by atoms with E-state index in [1.165, 1.54) is 12.1 Å². The van der Waals surface area contributed by atoms with Crippen molar-refractivity contribution in [2.45, 2.75) is 45.4 Å². The third-order valence-corrected chi connectivity index (χ3v) is 6.22. The van der Waals surface area contributed by atoms with Crippen LogP contribution in [-0.4, -0.2) is 37.1 Å². The Balaban J connectivity index is 1.50. The van der Waals surface area contributed by atoms with E-state index in [0.29, 0.717) is 29.2 Å². The predicted octanol–water partition coefficient (Wildman–Crippen LogP) is 2.93. The van der Waals surface area contributed by atoms with Gasteiger partial charge in [0.1, 0.15) is 5.82 Å². The highest BCUT2D eigenvalue weighted by molar-refractivity contribution is 5.95. The van der Waals surface area contributed by atoms with Gasteiger partial charge in [-0.15, -0.1) is 0 Å².